The van der Waals surface area contributed by atoms with Crippen LogP contribution in [0.25, 0.3) is 5.95 Å². The summed E-state index contributed by atoms with van der Waals surface area (Å²) in [6, 6.07) is 2.08. The molecule has 0 saturated heterocycles. The van der Waals surface area contributed by atoms with E-state index in [9.17, 15) is 4.79 Å². The lowest BCUT2D eigenvalue weighted by atomic mass is 10.2. The minimum Gasteiger partial charge on any atom is -0.323 e. The normalized spacial score (nSPS) is 10.9. The predicted molar refractivity (Wildman–Crippen MR) is 99.4 cm³/mol. The number of hydrogen-bond acceptors (Lipinski definition) is 5. The average Bonchev–Trinajstić information content (AvgIpc) is 3.10. The Labute approximate surface area is 151 Å². The minimum atomic E-state index is -0.0324. The Kier molecular flexibility index (Phi) is 4.94. The monoisotopic (exact) mass is 355 g/mol. The number of carbonyl (C=O) groups excluding carboxylic acids is 1. The Hall–Kier alpha value is -2.54. The van der Waals surface area contributed by atoms with E-state index in [0.717, 1.165) is 23.6 Å². The zero-order chi connectivity index (χ0) is 18.0. The van der Waals surface area contributed by atoms with E-state index in [-0.39, 0.29) is 5.91 Å². The molecule has 0 radical (unpaired) electrons. The molecule has 3 aromatic heterocycles. The molecule has 0 aromatic carbocycles. The molecule has 0 aliphatic rings. The molecule has 0 saturated carbocycles. The molecule has 25 heavy (non-hydrogen) atoms. The molecular weight excluding hydrogens is 334 g/mol. The number of carbonyl (C=O) groups is 1. The quantitative estimate of drug-likeness (QED) is 0.760. The number of imidazole rings is 1. The van der Waals surface area contributed by atoms with Gasteiger partial charge >= 0.3 is 0 Å². The second-order valence-corrected chi connectivity index (χ2v) is 7.01. The number of nitrogens with zero attached hydrogens (tertiary/aromatic N) is 4. The van der Waals surface area contributed by atoms with Crippen LogP contribution in [-0.2, 0) is 11.2 Å². The zero-order valence-corrected chi connectivity index (χ0v) is 15.6. The van der Waals surface area contributed by atoms with Crippen molar-refractivity contribution in [3.8, 4) is 5.95 Å². The summed E-state index contributed by atoms with van der Waals surface area (Å²) in [7, 11) is 0. The van der Waals surface area contributed by atoms with Crippen LogP contribution < -0.4 is 5.32 Å². The number of anilines is 1. The largest absolute Gasteiger partial charge is 0.323 e. The van der Waals surface area contributed by atoms with E-state index in [2.05, 4.69) is 38.6 Å². The highest BCUT2D eigenvalue weighted by Crippen LogP contribution is 2.18. The van der Waals surface area contributed by atoms with Crippen LogP contribution in [0.5, 0.6) is 0 Å². The Bertz CT molecular complexity index is 895. The van der Waals surface area contributed by atoms with Crippen LogP contribution in [0.15, 0.2) is 23.8 Å². The van der Waals surface area contributed by atoms with Gasteiger partial charge in [0.25, 0.3) is 0 Å². The van der Waals surface area contributed by atoms with Gasteiger partial charge in [0.15, 0.2) is 0 Å². The summed E-state index contributed by atoms with van der Waals surface area (Å²) in [5.74, 6) is 1.37. The van der Waals surface area contributed by atoms with Crippen LogP contribution in [0.4, 0.5) is 5.69 Å². The van der Waals surface area contributed by atoms with Crippen molar-refractivity contribution < 1.29 is 4.79 Å². The Balaban J connectivity index is 1.64. The lowest BCUT2D eigenvalue weighted by Crippen LogP contribution is -2.13. The van der Waals surface area contributed by atoms with Gasteiger partial charge in [-0.15, -0.1) is 11.3 Å². The minimum absolute atomic E-state index is 0.0324. The first kappa shape index (κ1) is 17.3. The van der Waals surface area contributed by atoms with Crippen molar-refractivity contribution in [2.45, 2.75) is 40.5 Å². The van der Waals surface area contributed by atoms with E-state index in [0.29, 0.717) is 18.1 Å². The number of amides is 1. The Morgan fingerprint density at radius 2 is 1.92 bits per heavy atom. The number of rotatable bonds is 5. The van der Waals surface area contributed by atoms with E-state index in [1.54, 1.807) is 23.7 Å². The molecule has 7 heteroatoms. The fraction of sp³-hybridized carbons (Fsp3) is 0.333. The molecule has 0 atom stereocenters. The SMILES string of the molecule is Cc1ccsc1CCC(=O)Nc1cnc(-n2c(C)nc(C)c2C)nc1. The molecule has 0 spiro atoms. The van der Waals surface area contributed by atoms with Crippen molar-refractivity contribution in [2.75, 3.05) is 5.32 Å². The van der Waals surface area contributed by atoms with Gasteiger partial charge in [0, 0.05) is 17.0 Å². The van der Waals surface area contributed by atoms with E-state index in [1.807, 2.05) is 25.3 Å². The van der Waals surface area contributed by atoms with Crippen LogP contribution >= 0.6 is 11.3 Å². The third-order valence-electron chi connectivity index (χ3n) is 4.18. The maximum absolute atomic E-state index is 12.1. The number of aryl methyl sites for hydroxylation is 4. The molecule has 1 N–H and O–H groups in total. The topological polar surface area (TPSA) is 72.7 Å². The molecule has 0 fully saturated rings. The standard InChI is InChI=1S/C18H21N5OS/c1-11-7-8-25-16(11)5-6-17(24)22-15-9-19-18(20-10-15)23-13(3)12(2)21-14(23)4/h7-10H,5-6H2,1-4H3,(H,22,24). The van der Waals surface area contributed by atoms with Crippen molar-refractivity contribution in [3.63, 3.8) is 0 Å². The van der Waals surface area contributed by atoms with Gasteiger partial charge in [-0.05, 0) is 51.1 Å². The molecule has 6 nitrogen and oxygen atoms in total. The first-order valence-corrected chi connectivity index (χ1v) is 9.01. The maximum atomic E-state index is 12.1. The van der Waals surface area contributed by atoms with Crippen LogP contribution in [-0.4, -0.2) is 25.4 Å². The van der Waals surface area contributed by atoms with Gasteiger partial charge in [0.05, 0.1) is 23.8 Å². The fourth-order valence-corrected chi connectivity index (χ4v) is 3.60. The summed E-state index contributed by atoms with van der Waals surface area (Å²) in [6.07, 6.45) is 4.46. The van der Waals surface area contributed by atoms with Crippen LogP contribution in [0.3, 0.4) is 0 Å². The summed E-state index contributed by atoms with van der Waals surface area (Å²) in [4.78, 5) is 26.5. The molecule has 0 bridgehead atoms. The molecule has 3 rings (SSSR count). The first-order valence-electron chi connectivity index (χ1n) is 8.13. The van der Waals surface area contributed by atoms with Crippen LogP contribution in [0, 0.1) is 27.7 Å². The predicted octanol–water partition coefficient (Wildman–Crippen LogP) is 3.53. The second kappa shape index (κ2) is 7.14. The summed E-state index contributed by atoms with van der Waals surface area (Å²) >= 11 is 1.69. The maximum Gasteiger partial charge on any atom is 0.235 e. The van der Waals surface area contributed by atoms with Gasteiger partial charge in [-0.3, -0.25) is 9.36 Å². The number of nitrogens with one attached hydrogen (secondary N) is 1. The molecule has 3 heterocycles. The molecule has 0 unspecified atom stereocenters. The molecule has 0 aliphatic heterocycles. The van der Waals surface area contributed by atoms with Crippen LogP contribution in [0.2, 0.25) is 0 Å². The third kappa shape index (κ3) is 3.76. The first-order chi connectivity index (χ1) is 12.0. The Morgan fingerprint density at radius 1 is 1.20 bits per heavy atom. The summed E-state index contributed by atoms with van der Waals surface area (Å²) in [5.41, 5.74) is 3.82. The summed E-state index contributed by atoms with van der Waals surface area (Å²) in [5, 5.41) is 4.91. The summed E-state index contributed by atoms with van der Waals surface area (Å²) in [6.45, 7) is 7.94. The van der Waals surface area contributed by atoms with Gasteiger partial charge in [-0.2, -0.15) is 0 Å². The van der Waals surface area contributed by atoms with Gasteiger partial charge in [0.2, 0.25) is 11.9 Å². The smallest absolute Gasteiger partial charge is 0.235 e. The van der Waals surface area contributed by atoms with E-state index < -0.39 is 0 Å². The third-order valence-corrected chi connectivity index (χ3v) is 5.26. The van der Waals surface area contributed by atoms with Crippen molar-refractivity contribution in [1.82, 2.24) is 19.5 Å². The van der Waals surface area contributed by atoms with Crippen molar-refractivity contribution in [1.29, 1.82) is 0 Å². The van der Waals surface area contributed by atoms with Gasteiger partial charge in [-0.1, -0.05) is 0 Å². The van der Waals surface area contributed by atoms with Crippen LogP contribution in [0.1, 0.15) is 34.1 Å². The number of hydrogen-bond donors (Lipinski definition) is 1. The molecular formula is C18H21N5OS. The molecule has 0 aliphatic carbocycles. The van der Waals surface area contributed by atoms with Gasteiger partial charge < -0.3 is 5.32 Å². The lowest BCUT2D eigenvalue weighted by molar-refractivity contribution is -0.116. The number of aromatic nitrogens is 4. The number of thiophene rings is 1. The molecule has 130 valence electrons. The van der Waals surface area contributed by atoms with E-state index >= 15 is 0 Å². The fourth-order valence-electron chi connectivity index (χ4n) is 2.68. The second-order valence-electron chi connectivity index (χ2n) is 6.01. The van der Waals surface area contributed by atoms with Gasteiger partial charge in [-0.25, -0.2) is 15.0 Å². The highest BCUT2D eigenvalue weighted by molar-refractivity contribution is 7.10. The van der Waals surface area contributed by atoms with Crippen molar-refractivity contribution >= 4 is 22.9 Å². The van der Waals surface area contributed by atoms with E-state index in [4.69, 9.17) is 0 Å². The van der Waals surface area contributed by atoms with Crippen molar-refractivity contribution in [2.24, 2.45) is 0 Å². The Morgan fingerprint density at radius 3 is 2.48 bits per heavy atom. The lowest BCUT2D eigenvalue weighted by Gasteiger charge is -2.08. The van der Waals surface area contributed by atoms with E-state index in [1.165, 1.54) is 10.4 Å². The average molecular weight is 355 g/mol. The molecule has 1 amide bonds. The zero-order valence-electron chi connectivity index (χ0n) is 14.8. The summed E-state index contributed by atoms with van der Waals surface area (Å²) < 4.78 is 1.90. The van der Waals surface area contributed by atoms with Gasteiger partial charge in [0.1, 0.15) is 5.82 Å². The highest BCUT2D eigenvalue weighted by Gasteiger charge is 2.12. The molecule has 3 aromatic rings. The highest BCUT2D eigenvalue weighted by atomic mass is 32.1. The van der Waals surface area contributed by atoms with Crippen molar-refractivity contribution in [3.05, 3.63) is 51.5 Å².